The van der Waals surface area contributed by atoms with E-state index < -0.39 is 0 Å². The van der Waals surface area contributed by atoms with Gasteiger partial charge in [-0.15, -0.1) is 0 Å². The van der Waals surface area contributed by atoms with Gasteiger partial charge >= 0.3 is 0 Å². The average Bonchev–Trinajstić information content (AvgIpc) is 2.16. The molecule has 0 saturated heterocycles. The molecule has 0 aromatic heterocycles. The maximum atomic E-state index is 9.11. The van der Waals surface area contributed by atoms with Crippen LogP contribution in [0.1, 0.15) is 18.9 Å². The minimum atomic E-state index is 0.342. The second-order valence-corrected chi connectivity index (χ2v) is 4.02. The molecule has 1 rings (SSSR count). The predicted octanol–water partition coefficient (Wildman–Crippen LogP) is 2.27. The fourth-order valence-electron chi connectivity index (χ4n) is 1.30. The van der Waals surface area contributed by atoms with Crippen molar-refractivity contribution in [2.75, 3.05) is 14.1 Å². The van der Waals surface area contributed by atoms with Gasteiger partial charge in [0.15, 0.2) is 0 Å². The zero-order valence-electron chi connectivity index (χ0n) is 9.20. The molecule has 0 spiro atoms. The van der Waals surface area contributed by atoms with Crippen molar-refractivity contribution in [3.8, 4) is 5.75 Å². The van der Waals surface area contributed by atoms with Crippen LogP contribution in [0.2, 0.25) is 0 Å². The van der Waals surface area contributed by atoms with Crippen molar-refractivity contribution in [3.05, 3.63) is 29.8 Å². The zero-order chi connectivity index (χ0) is 10.6. The summed E-state index contributed by atoms with van der Waals surface area (Å²) in [5.41, 5.74) is 1.29. The van der Waals surface area contributed by atoms with Crippen LogP contribution < -0.4 is 0 Å². The summed E-state index contributed by atoms with van der Waals surface area (Å²) >= 11 is 0. The summed E-state index contributed by atoms with van der Waals surface area (Å²) in [6, 6.07) is 8.06. The molecule has 2 nitrogen and oxygen atoms in total. The number of nitrogens with zero attached hydrogens (tertiary/aromatic N) is 1. The Hall–Kier alpha value is -1.02. The minimum Gasteiger partial charge on any atom is -0.508 e. The number of benzene rings is 1. The summed E-state index contributed by atoms with van der Waals surface area (Å²) in [5.74, 6) is 0.342. The van der Waals surface area contributed by atoms with Gasteiger partial charge in [0.1, 0.15) is 5.75 Å². The molecule has 78 valence electrons. The molecular weight excluding hydrogens is 174 g/mol. The van der Waals surface area contributed by atoms with E-state index in [0.717, 1.165) is 12.8 Å². The molecule has 0 fully saturated rings. The third-order valence-corrected chi connectivity index (χ3v) is 2.67. The highest BCUT2D eigenvalue weighted by atomic mass is 16.3. The molecule has 0 aliphatic carbocycles. The molecule has 1 aromatic rings. The Kier molecular flexibility index (Phi) is 3.96. The quantitative estimate of drug-likeness (QED) is 0.793. The molecule has 1 unspecified atom stereocenters. The van der Waals surface area contributed by atoms with E-state index in [1.165, 1.54) is 5.56 Å². The second kappa shape index (κ2) is 5.01. The van der Waals surface area contributed by atoms with E-state index in [1.54, 1.807) is 12.1 Å². The lowest BCUT2D eigenvalue weighted by Crippen LogP contribution is -2.24. The Morgan fingerprint density at radius 2 is 1.79 bits per heavy atom. The van der Waals surface area contributed by atoms with Gasteiger partial charge in [0, 0.05) is 6.04 Å². The maximum absolute atomic E-state index is 9.11. The molecule has 0 heterocycles. The largest absolute Gasteiger partial charge is 0.508 e. The standard InChI is InChI=1S/C12H19NO/c1-10(13(2)3)4-5-11-6-8-12(14)9-7-11/h6-10,14H,4-5H2,1-3H3. The Morgan fingerprint density at radius 3 is 2.29 bits per heavy atom. The smallest absolute Gasteiger partial charge is 0.115 e. The van der Waals surface area contributed by atoms with Crippen LogP contribution in [-0.2, 0) is 6.42 Å². The monoisotopic (exact) mass is 193 g/mol. The van der Waals surface area contributed by atoms with Gasteiger partial charge < -0.3 is 10.0 Å². The van der Waals surface area contributed by atoms with Crippen LogP contribution >= 0.6 is 0 Å². The van der Waals surface area contributed by atoms with Crippen LogP contribution in [0, 0.1) is 0 Å². The van der Waals surface area contributed by atoms with Gasteiger partial charge in [-0.25, -0.2) is 0 Å². The van der Waals surface area contributed by atoms with Gasteiger partial charge in [-0.05, 0) is 51.6 Å². The number of hydrogen-bond acceptors (Lipinski definition) is 2. The SMILES string of the molecule is CC(CCc1ccc(O)cc1)N(C)C. The van der Waals surface area contributed by atoms with Crippen LogP contribution in [-0.4, -0.2) is 30.1 Å². The first kappa shape index (κ1) is 11.1. The van der Waals surface area contributed by atoms with Crippen molar-refractivity contribution in [1.29, 1.82) is 0 Å². The van der Waals surface area contributed by atoms with E-state index >= 15 is 0 Å². The van der Waals surface area contributed by atoms with Crippen LogP contribution in [0.5, 0.6) is 5.75 Å². The van der Waals surface area contributed by atoms with E-state index in [1.807, 2.05) is 12.1 Å². The highest BCUT2D eigenvalue weighted by Crippen LogP contribution is 2.12. The summed E-state index contributed by atoms with van der Waals surface area (Å²) in [5, 5.41) is 9.11. The lowest BCUT2D eigenvalue weighted by atomic mass is 10.1. The minimum absolute atomic E-state index is 0.342. The number of aromatic hydroxyl groups is 1. The first-order valence-electron chi connectivity index (χ1n) is 5.04. The molecule has 2 heteroatoms. The Balaban J connectivity index is 2.42. The number of phenolic OH excluding ortho intramolecular Hbond substituents is 1. The highest BCUT2D eigenvalue weighted by Gasteiger charge is 2.04. The van der Waals surface area contributed by atoms with Crippen molar-refractivity contribution in [2.24, 2.45) is 0 Å². The van der Waals surface area contributed by atoms with Crippen LogP contribution in [0.3, 0.4) is 0 Å². The molecule has 0 aliphatic rings. The highest BCUT2D eigenvalue weighted by molar-refractivity contribution is 5.25. The maximum Gasteiger partial charge on any atom is 0.115 e. The molecule has 14 heavy (non-hydrogen) atoms. The van der Waals surface area contributed by atoms with Crippen molar-refractivity contribution < 1.29 is 5.11 Å². The van der Waals surface area contributed by atoms with Crippen LogP contribution in [0.4, 0.5) is 0 Å². The van der Waals surface area contributed by atoms with E-state index in [-0.39, 0.29) is 0 Å². The Morgan fingerprint density at radius 1 is 1.21 bits per heavy atom. The lowest BCUT2D eigenvalue weighted by molar-refractivity contribution is 0.299. The van der Waals surface area contributed by atoms with Gasteiger partial charge in [0.05, 0.1) is 0 Å². The fraction of sp³-hybridized carbons (Fsp3) is 0.500. The van der Waals surface area contributed by atoms with Crippen LogP contribution in [0.15, 0.2) is 24.3 Å². The van der Waals surface area contributed by atoms with E-state index in [0.29, 0.717) is 11.8 Å². The molecule has 0 radical (unpaired) electrons. The topological polar surface area (TPSA) is 23.5 Å². The predicted molar refractivity (Wildman–Crippen MR) is 59.6 cm³/mol. The van der Waals surface area contributed by atoms with Crippen molar-refractivity contribution in [1.82, 2.24) is 4.90 Å². The first-order chi connectivity index (χ1) is 6.59. The molecule has 0 aliphatic heterocycles. The number of rotatable bonds is 4. The van der Waals surface area contributed by atoms with Gasteiger partial charge in [-0.3, -0.25) is 0 Å². The molecular formula is C12H19NO. The third kappa shape index (κ3) is 3.38. The Bertz CT molecular complexity index is 266. The van der Waals surface area contributed by atoms with Gasteiger partial charge in [0.25, 0.3) is 0 Å². The Labute approximate surface area is 86.2 Å². The summed E-state index contributed by atoms with van der Waals surface area (Å²) < 4.78 is 0. The van der Waals surface area contributed by atoms with Crippen LogP contribution in [0.25, 0.3) is 0 Å². The summed E-state index contributed by atoms with van der Waals surface area (Å²) in [7, 11) is 4.20. The zero-order valence-corrected chi connectivity index (χ0v) is 9.20. The fourth-order valence-corrected chi connectivity index (χ4v) is 1.30. The lowest BCUT2D eigenvalue weighted by Gasteiger charge is -2.19. The van der Waals surface area contributed by atoms with E-state index in [4.69, 9.17) is 5.11 Å². The second-order valence-electron chi connectivity index (χ2n) is 4.02. The normalized spacial score (nSPS) is 13.1. The molecule has 1 N–H and O–H groups in total. The van der Waals surface area contributed by atoms with Crippen molar-refractivity contribution in [2.45, 2.75) is 25.8 Å². The van der Waals surface area contributed by atoms with E-state index in [2.05, 4.69) is 25.9 Å². The van der Waals surface area contributed by atoms with Gasteiger partial charge in [0.2, 0.25) is 0 Å². The first-order valence-corrected chi connectivity index (χ1v) is 5.04. The van der Waals surface area contributed by atoms with Gasteiger partial charge in [-0.2, -0.15) is 0 Å². The van der Waals surface area contributed by atoms with Gasteiger partial charge in [-0.1, -0.05) is 12.1 Å². The molecule has 1 aromatic carbocycles. The molecule has 0 amide bonds. The third-order valence-electron chi connectivity index (χ3n) is 2.67. The summed E-state index contributed by atoms with van der Waals surface area (Å²) in [6.45, 7) is 2.22. The molecule has 0 saturated carbocycles. The molecule has 1 atom stereocenters. The number of hydrogen-bond donors (Lipinski definition) is 1. The summed E-state index contributed by atoms with van der Waals surface area (Å²) in [4.78, 5) is 2.22. The average molecular weight is 193 g/mol. The van der Waals surface area contributed by atoms with Crippen molar-refractivity contribution >= 4 is 0 Å². The number of phenols is 1. The summed E-state index contributed by atoms with van der Waals surface area (Å²) in [6.07, 6.45) is 2.22. The number of aryl methyl sites for hydroxylation is 1. The van der Waals surface area contributed by atoms with E-state index in [9.17, 15) is 0 Å². The van der Waals surface area contributed by atoms with Crippen molar-refractivity contribution in [3.63, 3.8) is 0 Å². The molecule has 0 bridgehead atoms.